The summed E-state index contributed by atoms with van der Waals surface area (Å²) < 4.78 is 27.9. The number of para-hydroxylation sites is 1. The molecule has 0 spiro atoms. The van der Waals surface area contributed by atoms with Gasteiger partial charge in [-0.15, -0.1) is 0 Å². The lowest BCUT2D eigenvalue weighted by Gasteiger charge is -2.30. The van der Waals surface area contributed by atoms with Crippen LogP contribution in [-0.2, 0) is 16.4 Å². The lowest BCUT2D eigenvalue weighted by atomic mass is 10.0. The first-order valence-electron chi connectivity index (χ1n) is 9.17. The Morgan fingerprint density at radius 3 is 2.74 bits per heavy atom. The van der Waals surface area contributed by atoms with Gasteiger partial charge in [-0.2, -0.15) is 0 Å². The number of hydrogen-bond acceptors (Lipinski definition) is 4. The van der Waals surface area contributed by atoms with Crippen molar-refractivity contribution in [3.8, 4) is 0 Å². The number of sulfonamides is 1. The van der Waals surface area contributed by atoms with Gasteiger partial charge in [-0.05, 0) is 62.7 Å². The maximum absolute atomic E-state index is 13.2. The molecular weight excluding hydrogens is 362 g/mol. The van der Waals surface area contributed by atoms with Gasteiger partial charge in [0.2, 0.25) is 0 Å². The molecule has 6 nitrogen and oxygen atoms in total. The van der Waals surface area contributed by atoms with Crippen LogP contribution in [0.15, 0.2) is 53.4 Å². The molecule has 1 aliphatic heterocycles. The Kier molecular flexibility index (Phi) is 6.13. The maximum Gasteiger partial charge on any atom is 0.264 e. The van der Waals surface area contributed by atoms with E-state index in [0.29, 0.717) is 18.7 Å². The van der Waals surface area contributed by atoms with Crippen molar-refractivity contribution < 1.29 is 13.2 Å². The average Bonchev–Trinajstić information content (AvgIpc) is 2.70. The fourth-order valence-electron chi connectivity index (χ4n) is 3.24. The molecule has 0 saturated heterocycles. The van der Waals surface area contributed by atoms with Crippen molar-refractivity contribution >= 4 is 21.6 Å². The summed E-state index contributed by atoms with van der Waals surface area (Å²) in [5.41, 5.74) is 2.11. The van der Waals surface area contributed by atoms with Crippen molar-refractivity contribution in [2.24, 2.45) is 0 Å². The van der Waals surface area contributed by atoms with Crippen LogP contribution in [0.2, 0.25) is 0 Å². The largest absolute Gasteiger partial charge is 0.352 e. The first-order valence-corrected chi connectivity index (χ1v) is 10.6. The number of benzene rings is 2. The van der Waals surface area contributed by atoms with Gasteiger partial charge in [0, 0.05) is 18.7 Å². The normalized spacial score (nSPS) is 13.9. The predicted molar refractivity (Wildman–Crippen MR) is 107 cm³/mol. The molecule has 7 heteroatoms. The van der Waals surface area contributed by atoms with Gasteiger partial charge in [-0.3, -0.25) is 9.10 Å². The van der Waals surface area contributed by atoms with Crippen LogP contribution in [0.5, 0.6) is 0 Å². The third-order valence-electron chi connectivity index (χ3n) is 4.64. The Labute approximate surface area is 160 Å². The van der Waals surface area contributed by atoms with E-state index in [2.05, 4.69) is 10.6 Å². The van der Waals surface area contributed by atoms with E-state index in [0.717, 1.165) is 37.1 Å². The molecule has 0 aromatic heterocycles. The maximum atomic E-state index is 13.2. The number of rotatable bonds is 7. The minimum absolute atomic E-state index is 0.141. The second kappa shape index (κ2) is 8.54. The van der Waals surface area contributed by atoms with Crippen LogP contribution >= 0.6 is 0 Å². The quantitative estimate of drug-likeness (QED) is 0.714. The van der Waals surface area contributed by atoms with Crippen LogP contribution in [0.3, 0.4) is 0 Å². The minimum Gasteiger partial charge on any atom is -0.352 e. The number of carbonyl (C=O) groups is 1. The molecule has 1 aliphatic rings. The van der Waals surface area contributed by atoms with Crippen molar-refractivity contribution in [1.29, 1.82) is 0 Å². The number of fused-ring (bicyclic) bond motifs is 1. The van der Waals surface area contributed by atoms with Crippen LogP contribution < -0.4 is 14.9 Å². The van der Waals surface area contributed by atoms with Crippen molar-refractivity contribution in [1.82, 2.24) is 10.6 Å². The molecule has 1 heterocycles. The first kappa shape index (κ1) is 19.4. The zero-order chi connectivity index (χ0) is 19.3. The molecule has 27 heavy (non-hydrogen) atoms. The van der Waals surface area contributed by atoms with Crippen LogP contribution in [0, 0.1) is 0 Å². The molecule has 0 aliphatic carbocycles. The molecule has 0 bridgehead atoms. The van der Waals surface area contributed by atoms with E-state index in [1.807, 2.05) is 31.3 Å². The zero-order valence-corrected chi connectivity index (χ0v) is 16.3. The van der Waals surface area contributed by atoms with Gasteiger partial charge in [0.1, 0.15) is 0 Å². The van der Waals surface area contributed by atoms with Crippen molar-refractivity contribution in [3.63, 3.8) is 0 Å². The molecule has 144 valence electrons. The number of hydrogen-bond donors (Lipinski definition) is 2. The van der Waals surface area contributed by atoms with E-state index in [1.54, 1.807) is 18.2 Å². The van der Waals surface area contributed by atoms with E-state index in [9.17, 15) is 13.2 Å². The van der Waals surface area contributed by atoms with Gasteiger partial charge in [0.25, 0.3) is 15.9 Å². The zero-order valence-electron chi connectivity index (χ0n) is 15.4. The summed E-state index contributed by atoms with van der Waals surface area (Å²) in [6.07, 6.45) is 2.46. The number of nitrogens with zero attached hydrogens (tertiary/aromatic N) is 1. The van der Waals surface area contributed by atoms with E-state index >= 15 is 0 Å². The van der Waals surface area contributed by atoms with Gasteiger partial charge < -0.3 is 10.6 Å². The molecular formula is C20H25N3O3S. The summed E-state index contributed by atoms with van der Waals surface area (Å²) in [5, 5.41) is 5.84. The summed E-state index contributed by atoms with van der Waals surface area (Å²) >= 11 is 0. The summed E-state index contributed by atoms with van der Waals surface area (Å²) in [6.45, 7) is 1.79. The minimum atomic E-state index is -3.72. The third kappa shape index (κ3) is 4.31. The van der Waals surface area contributed by atoms with Crippen LogP contribution in [-0.4, -0.2) is 41.0 Å². The van der Waals surface area contributed by atoms with E-state index < -0.39 is 10.0 Å². The smallest absolute Gasteiger partial charge is 0.264 e. The highest BCUT2D eigenvalue weighted by Gasteiger charge is 2.29. The lowest BCUT2D eigenvalue weighted by molar-refractivity contribution is 0.0953. The van der Waals surface area contributed by atoms with Crippen LogP contribution in [0.1, 0.15) is 28.8 Å². The molecule has 0 unspecified atom stereocenters. The molecule has 1 amide bonds. The number of aryl methyl sites for hydroxylation is 1. The SMILES string of the molecule is CNCCCNC(=O)c1cccc(S(=O)(=O)N2CCCc3ccccc32)c1. The van der Waals surface area contributed by atoms with Gasteiger partial charge in [0.05, 0.1) is 10.6 Å². The Hall–Kier alpha value is -2.38. The standard InChI is InChI=1S/C20H25N3O3S/c1-21-12-6-13-22-20(24)17-8-4-10-18(15-17)27(25,26)23-14-5-9-16-7-2-3-11-19(16)23/h2-4,7-8,10-11,15,21H,5-6,9,12-14H2,1H3,(H,22,24). The van der Waals surface area contributed by atoms with Crippen molar-refractivity contribution in [3.05, 3.63) is 59.7 Å². The fraction of sp³-hybridized carbons (Fsp3) is 0.350. The van der Waals surface area contributed by atoms with Crippen LogP contribution in [0.4, 0.5) is 5.69 Å². The average molecular weight is 388 g/mol. The van der Waals surface area contributed by atoms with E-state index in [-0.39, 0.29) is 10.8 Å². The Morgan fingerprint density at radius 2 is 1.93 bits per heavy atom. The summed E-state index contributed by atoms with van der Waals surface area (Å²) in [5.74, 6) is -0.262. The van der Waals surface area contributed by atoms with Gasteiger partial charge in [-0.25, -0.2) is 8.42 Å². The monoisotopic (exact) mass is 387 g/mol. The van der Waals surface area contributed by atoms with E-state index in [1.165, 1.54) is 10.4 Å². The Balaban J connectivity index is 1.83. The van der Waals surface area contributed by atoms with Gasteiger partial charge >= 0.3 is 0 Å². The van der Waals surface area contributed by atoms with E-state index in [4.69, 9.17) is 0 Å². The summed E-state index contributed by atoms with van der Waals surface area (Å²) in [4.78, 5) is 12.5. The third-order valence-corrected chi connectivity index (χ3v) is 6.45. The molecule has 2 N–H and O–H groups in total. The molecule has 0 atom stereocenters. The molecule has 2 aromatic rings. The molecule has 0 fully saturated rings. The highest BCUT2D eigenvalue weighted by Crippen LogP contribution is 2.31. The topological polar surface area (TPSA) is 78.5 Å². The summed E-state index contributed by atoms with van der Waals surface area (Å²) in [7, 11) is -1.86. The number of carbonyl (C=O) groups excluding carboxylic acids is 1. The number of nitrogens with one attached hydrogen (secondary N) is 2. The molecule has 3 rings (SSSR count). The number of anilines is 1. The van der Waals surface area contributed by atoms with Crippen molar-refractivity contribution in [2.45, 2.75) is 24.2 Å². The highest BCUT2D eigenvalue weighted by atomic mass is 32.2. The Morgan fingerprint density at radius 1 is 1.11 bits per heavy atom. The fourth-order valence-corrected chi connectivity index (χ4v) is 4.83. The predicted octanol–water partition coefficient (Wildman–Crippen LogP) is 2.17. The molecule has 0 radical (unpaired) electrons. The second-order valence-corrected chi connectivity index (χ2v) is 8.41. The molecule has 0 saturated carbocycles. The number of amides is 1. The van der Waals surface area contributed by atoms with Gasteiger partial charge in [-0.1, -0.05) is 24.3 Å². The van der Waals surface area contributed by atoms with Crippen LogP contribution in [0.25, 0.3) is 0 Å². The highest BCUT2D eigenvalue weighted by molar-refractivity contribution is 7.92. The Bertz CT molecular complexity index is 912. The molecule has 2 aromatic carbocycles. The lowest BCUT2D eigenvalue weighted by Crippen LogP contribution is -2.35. The van der Waals surface area contributed by atoms with Gasteiger partial charge in [0.15, 0.2) is 0 Å². The first-order chi connectivity index (χ1) is 13.0. The second-order valence-electron chi connectivity index (χ2n) is 6.55. The summed E-state index contributed by atoms with van der Waals surface area (Å²) in [6, 6.07) is 13.8. The van der Waals surface area contributed by atoms with Crippen molar-refractivity contribution in [2.75, 3.05) is 31.0 Å².